The predicted molar refractivity (Wildman–Crippen MR) is 64.3 cm³/mol. The molecular weight excluding hydrogens is 204 g/mol. The first-order chi connectivity index (χ1) is 7.69. The molecule has 0 aliphatic carbocycles. The molecule has 0 spiro atoms. The summed E-state index contributed by atoms with van der Waals surface area (Å²) in [6, 6.07) is 0.0344. The summed E-state index contributed by atoms with van der Waals surface area (Å²) in [5.74, 6) is 0.853. The van der Waals surface area contributed by atoms with Gasteiger partial charge >= 0.3 is 0 Å². The lowest BCUT2D eigenvalue weighted by Crippen LogP contribution is -2.40. The van der Waals surface area contributed by atoms with Crippen LogP contribution in [0.3, 0.4) is 0 Å². The summed E-state index contributed by atoms with van der Waals surface area (Å²) < 4.78 is 5.07. The number of carbonyl (C=O) groups is 1. The van der Waals surface area contributed by atoms with Crippen molar-refractivity contribution in [2.75, 3.05) is 13.7 Å². The highest BCUT2D eigenvalue weighted by Crippen LogP contribution is 2.14. The van der Waals surface area contributed by atoms with Gasteiger partial charge in [-0.05, 0) is 26.7 Å². The average molecular weight is 224 g/mol. The number of methoxy groups -OCH3 is 1. The van der Waals surface area contributed by atoms with Crippen LogP contribution in [0.5, 0.6) is 0 Å². The van der Waals surface area contributed by atoms with Crippen molar-refractivity contribution in [1.29, 1.82) is 0 Å². The monoisotopic (exact) mass is 224 g/mol. The third-order valence-corrected chi connectivity index (χ3v) is 2.64. The van der Waals surface area contributed by atoms with Crippen LogP contribution in [0.2, 0.25) is 0 Å². The van der Waals surface area contributed by atoms with Crippen LogP contribution in [-0.2, 0) is 9.53 Å². The Morgan fingerprint density at radius 3 is 3.06 bits per heavy atom. The van der Waals surface area contributed by atoms with E-state index in [4.69, 9.17) is 4.74 Å². The molecular formula is C12H20N2O2. The van der Waals surface area contributed by atoms with Gasteiger partial charge < -0.3 is 4.74 Å². The van der Waals surface area contributed by atoms with Gasteiger partial charge in [0.1, 0.15) is 5.84 Å². The number of nitrogens with zero attached hydrogens (tertiary/aromatic N) is 2. The molecule has 1 rings (SSSR count). The van der Waals surface area contributed by atoms with E-state index in [1.807, 2.05) is 13.8 Å². The molecule has 1 heterocycles. The number of aliphatic imine (C=N–C) groups is 1. The second-order valence-electron chi connectivity index (χ2n) is 4.08. The molecule has 1 aliphatic heterocycles. The zero-order chi connectivity index (χ0) is 12.0. The first-order valence-electron chi connectivity index (χ1n) is 5.66. The minimum atomic E-state index is 0.0344. The van der Waals surface area contributed by atoms with Crippen LogP contribution in [-0.4, -0.2) is 36.9 Å². The van der Waals surface area contributed by atoms with E-state index in [1.165, 1.54) is 0 Å². The van der Waals surface area contributed by atoms with E-state index in [-0.39, 0.29) is 6.04 Å². The van der Waals surface area contributed by atoms with Crippen LogP contribution in [0.4, 0.5) is 0 Å². The fourth-order valence-electron chi connectivity index (χ4n) is 1.80. The summed E-state index contributed by atoms with van der Waals surface area (Å²) >= 11 is 0. The van der Waals surface area contributed by atoms with Gasteiger partial charge in [0.05, 0.1) is 12.6 Å². The van der Waals surface area contributed by atoms with E-state index in [9.17, 15) is 4.79 Å². The Morgan fingerprint density at radius 1 is 1.69 bits per heavy atom. The lowest BCUT2D eigenvalue weighted by molar-refractivity contribution is -0.116. The summed E-state index contributed by atoms with van der Waals surface area (Å²) in [6.45, 7) is 4.46. The summed E-state index contributed by atoms with van der Waals surface area (Å²) in [5.41, 5.74) is 0.990. The van der Waals surface area contributed by atoms with Crippen molar-refractivity contribution >= 4 is 12.2 Å². The number of amidine groups is 1. The van der Waals surface area contributed by atoms with E-state index < -0.39 is 0 Å². The Labute approximate surface area is 97.0 Å². The number of amides is 1. The van der Waals surface area contributed by atoms with Gasteiger partial charge in [0.2, 0.25) is 6.41 Å². The van der Waals surface area contributed by atoms with Crippen LogP contribution in [0.25, 0.3) is 0 Å². The molecule has 0 fully saturated rings. The van der Waals surface area contributed by atoms with Crippen molar-refractivity contribution in [1.82, 2.24) is 4.90 Å². The SMILES string of the molecule is COCC(C)N(C=O)C1=NC(C)=CCCC1. The lowest BCUT2D eigenvalue weighted by atomic mass is 10.2. The molecule has 0 saturated carbocycles. The molecule has 0 aromatic heterocycles. The first kappa shape index (κ1) is 12.9. The molecule has 1 atom stereocenters. The Kier molecular flexibility index (Phi) is 5.19. The van der Waals surface area contributed by atoms with Gasteiger partial charge in [0, 0.05) is 19.2 Å². The molecule has 1 amide bonds. The van der Waals surface area contributed by atoms with Crippen molar-refractivity contribution in [2.24, 2.45) is 4.99 Å². The maximum absolute atomic E-state index is 11.1. The molecule has 1 aliphatic rings. The number of ether oxygens (including phenoxy) is 1. The second kappa shape index (κ2) is 6.43. The Bertz CT molecular complexity index is 297. The number of rotatable bonds is 4. The number of hydrogen-bond acceptors (Lipinski definition) is 3. The summed E-state index contributed by atoms with van der Waals surface area (Å²) in [5, 5.41) is 0. The van der Waals surface area contributed by atoms with E-state index in [0.717, 1.165) is 37.2 Å². The fraction of sp³-hybridized carbons (Fsp3) is 0.667. The van der Waals surface area contributed by atoms with Gasteiger partial charge in [0.15, 0.2) is 0 Å². The topological polar surface area (TPSA) is 41.9 Å². The fourth-order valence-corrected chi connectivity index (χ4v) is 1.80. The molecule has 0 saturated heterocycles. The van der Waals surface area contributed by atoms with Gasteiger partial charge in [-0.25, -0.2) is 4.99 Å². The maximum Gasteiger partial charge on any atom is 0.215 e. The van der Waals surface area contributed by atoms with Crippen LogP contribution in [0.1, 0.15) is 33.1 Å². The van der Waals surface area contributed by atoms with E-state index in [1.54, 1.807) is 12.0 Å². The predicted octanol–water partition coefficient (Wildman–Crippen LogP) is 1.97. The molecule has 0 aromatic rings. The smallest absolute Gasteiger partial charge is 0.215 e. The molecule has 16 heavy (non-hydrogen) atoms. The highest BCUT2D eigenvalue weighted by atomic mass is 16.5. The second-order valence-corrected chi connectivity index (χ2v) is 4.08. The number of allylic oxidation sites excluding steroid dienone is 2. The quantitative estimate of drug-likeness (QED) is 0.685. The van der Waals surface area contributed by atoms with Crippen LogP contribution in [0, 0.1) is 0 Å². The molecule has 4 heteroatoms. The van der Waals surface area contributed by atoms with Gasteiger partial charge in [0.25, 0.3) is 0 Å². The molecule has 90 valence electrons. The van der Waals surface area contributed by atoms with Crippen LogP contribution >= 0.6 is 0 Å². The third kappa shape index (κ3) is 3.45. The zero-order valence-corrected chi connectivity index (χ0v) is 10.3. The largest absolute Gasteiger partial charge is 0.383 e. The Balaban J connectivity index is 2.79. The van der Waals surface area contributed by atoms with Crippen molar-refractivity contribution in [3.8, 4) is 0 Å². The summed E-state index contributed by atoms with van der Waals surface area (Å²) in [4.78, 5) is 17.2. The molecule has 1 unspecified atom stereocenters. The highest BCUT2D eigenvalue weighted by molar-refractivity contribution is 5.91. The minimum absolute atomic E-state index is 0.0344. The number of carbonyl (C=O) groups excluding carboxylic acids is 1. The molecule has 0 radical (unpaired) electrons. The van der Waals surface area contributed by atoms with E-state index in [2.05, 4.69) is 11.1 Å². The van der Waals surface area contributed by atoms with Crippen LogP contribution in [0.15, 0.2) is 16.8 Å². The van der Waals surface area contributed by atoms with Gasteiger partial charge in [-0.1, -0.05) is 6.08 Å². The van der Waals surface area contributed by atoms with E-state index in [0.29, 0.717) is 6.61 Å². The summed E-state index contributed by atoms with van der Waals surface area (Å²) in [7, 11) is 1.64. The molecule has 0 bridgehead atoms. The van der Waals surface area contributed by atoms with Crippen molar-refractivity contribution in [2.45, 2.75) is 39.2 Å². The molecule has 4 nitrogen and oxygen atoms in total. The van der Waals surface area contributed by atoms with Crippen molar-refractivity contribution in [3.05, 3.63) is 11.8 Å². The van der Waals surface area contributed by atoms with Crippen molar-refractivity contribution in [3.63, 3.8) is 0 Å². The minimum Gasteiger partial charge on any atom is -0.383 e. The lowest BCUT2D eigenvalue weighted by Gasteiger charge is -2.25. The first-order valence-corrected chi connectivity index (χ1v) is 5.66. The zero-order valence-electron chi connectivity index (χ0n) is 10.3. The average Bonchev–Trinajstić information content (AvgIpc) is 2.45. The third-order valence-electron chi connectivity index (χ3n) is 2.64. The standard InChI is InChI=1S/C12H20N2O2/c1-10-6-4-5-7-12(13-10)14(9-15)11(2)8-16-3/h6,9,11H,4-5,7-8H2,1-3H3. The van der Waals surface area contributed by atoms with Gasteiger partial charge in [-0.3, -0.25) is 9.69 Å². The Morgan fingerprint density at radius 2 is 2.44 bits per heavy atom. The normalized spacial score (nSPS) is 18.2. The Hall–Kier alpha value is -1.16. The molecule has 0 N–H and O–H groups in total. The highest BCUT2D eigenvalue weighted by Gasteiger charge is 2.18. The van der Waals surface area contributed by atoms with E-state index >= 15 is 0 Å². The van der Waals surface area contributed by atoms with Crippen molar-refractivity contribution < 1.29 is 9.53 Å². The van der Waals surface area contributed by atoms with Crippen LogP contribution < -0.4 is 0 Å². The van der Waals surface area contributed by atoms with Gasteiger partial charge in [-0.2, -0.15) is 0 Å². The summed E-state index contributed by atoms with van der Waals surface area (Å²) in [6.07, 6.45) is 5.88. The van der Waals surface area contributed by atoms with Gasteiger partial charge in [-0.15, -0.1) is 0 Å². The molecule has 0 aromatic carbocycles. The number of hydrogen-bond donors (Lipinski definition) is 0. The maximum atomic E-state index is 11.1.